The van der Waals surface area contributed by atoms with Crippen LogP contribution in [0, 0.1) is 11.8 Å². The zero-order chi connectivity index (χ0) is 13.7. The summed E-state index contributed by atoms with van der Waals surface area (Å²) in [5.74, 6) is 3.60. The Hall–Kier alpha value is -1.18. The molecule has 1 saturated carbocycles. The van der Waals surface area contributed by atoms with Crippen LogP contribution in [0.15, 0.2) is 18.2 Å². The summed E-state index contributed by atoms with van der Waals surface area (Å²) in [6, 6.07) is 6.16. The molecule has 2 nitrogen and oxygen atoms in total. The first kappa shape index (κ1) is 14.2. The fraction of sp³-hybridized carbons (Fsp3) is 0.647. The van der Waals surface area contributed by atoms with Gasteiger partial charge in [-0.1, -0.05) is 38.7 Å². The molecule has 0 N–H and O–H groups in total. The molecule has 0 aliphatic heterocycles. The van der Waals surface area contributed by atoms with Crippen LogP contribution >= 0.6 is 0 Å². The van der Waals surface area contributed by atoms with Crippen molar-refractivity contribution in [3.63, 3.8) is 0 Å². The highest BCUT2D eigenvalue weighted by molar-refractivity contribution is 5.40. The Labute approximate surface area is 117 Å². The quantitative estimate of drug-likeness (QED) is 0.780. The minimum Gasteiger partial charge on any atom is -0.497 e. The zero-order valence-electron chi connectivity index (χ0n) is 12.4. The van der Waals surface area contributed by atoms with Crippen LogP contribution < -0.4 is 9.47 Å². The molecule has 2 unspecified atom stereocenters. The summed E-state index contributed by atoms with van der Waals surface area (Å²) in [6.45, 7) is 2.41. The van der Waals surface area contributed by atoms with E-state index in [-0.39, 0.29) is 0 Å². The molecule has 0 amide bonds. The summed E-state index contributed by atoms with van der Waals surface area (Å²) in [4.78, 5) is 0. The molecule has 0 saturated heterocycles. The van der Waals surface area contributed by atoms with Gasteiger partial charge in [-0.2, -0.15) is 0 Å². The summed E-state index contributed by atoms with van der Waals surface area (Å²) in [5, 5.41) is 0. The molecule has 0 aromatic heterocycles. The molecule has 0 spiro atoms. The van der Waals surface area contributed by atoms with Crippen LogP contribution in [-0.4, -0.2) is 14.2 Å². The van der Waals surface area contributed by atoms with Crippen LogP contribution in [0.4, 0.5) is 0 Å². The first-order valence-corrected chi connectivity index (χ1v) is 7.45. The van der Waals surface area contributed by atoms with Gasteiger partial charge in [0.05, 0.1) is 14.2 Å². The number of rotatable bonds is 5. The number of ether oxygens (including phenoxy) is 2. The lowest BCUT2D eigenvalue weighted by Crippen LogP contribution is -2.17. The van der Waals surface area contributed by atoms with Gasteiger partial charge in [0.2, 0.25) is 0 Å². The Morgan fingerprint density at radius 3 is 2.58 bits per heavy atom. The molecule has 2 heteroatoms. The van der Waals surface area contributed by atoms with E-state index in [1.807, 2.05) is 12.1 Å². The van der Waals surface area contributed by atoms with Gasteiger partial charge in [-0.25, -0.2) is 0 Å². The van der Waals surface area contributed by atoms with E-state index in [1.165, 1.54) is 37.7 Å². The minimum absolute atomic E-state index is 0.867. The van der Waals surface area contributed by atoms with Crippen molar-refractivity contribution in [3.05, 3.63) is 23.8 Å². The Morgan fingerprint density at radius 2 is 1.89 bits per heavy atom. The van der Waals surface area contributed by atoms with Crippen molar-refractivity contribution in [3.8, 4) is 11.5 Å². The number of methoxy groups -OCH3 is 2. The summed E-state index contributed by atoms with van der Waals surface area (Å²) < 4.78 is 10.7. The Morgan fingerprint density at radius 1 is 1.11 bits per heavy atom. The third kappa shape index (κ3) is 3.65. The monoisotopic (exact) mass is 262 g/mol. The Bertz CT molecular complexity index is 400. The second kappa shape index (κ2) is 6.83. The maximum Gasteiger partial charge on any atom is 0.125 e. The first-order chi connectivity index (χ1) is 9.24. The van der Waals surface area contributed by atoms with Gasteiger partial charge in [-0.3, -0.25) is 0 Å². The molecule has 1 aliphatic rings. The Balaban J connectivity index is 1.98. The van der Waals surface area contributed by atoms with Crippen molar-refractivity contribution in [1.29, 1.82) is 0 Å². The van der Waals surface area contributed by atoms with Gasteiger partial charge in [-0.05, 0) is 36.3 Å². The van der Waals surface area contributed by atoms with E-state index >= 15 is 0 Å². The first-order valence-electron chi connectivity index (χ1n) is 7.45. The van der Waals surface area contributed by atoms with Crippen molar-refractivity contribution in [2.75, 3.05) is 14.2 Å². The van der Waals surface area contributed by atoms with Gasteiger partial charge in [0.25, 0.3) is 0 Å². The highest BCUT2D eigenvalue weighted by Crippen LogP contribution is 2.34. The van der Waals surface area contributed by atoms with E-state index in [2.05, 4.69) is 13.0 Å². The molecule has 106 valence electrons. The molecular weight excluding hydrogens is 236 g/mol. The van der Waals surface area contributed by atoms with Gasteiger partial charge in [0.1, 0.15) is 11.5 Å². The third-order valence-electron chi connectivity index (χ3n) is 4.57. The summed E-state index contributed by atoms with van der Waals surface area (Å²) in [7, 11) is 3.43. The number of benzene rings is 1. The van der Waals surface area contributed by atoms with E-state index in [9.17, 15) is 0 Å². The predicted octanol–water partition coefficient (Wildman–Crippen LogP) is 4.46. The van der Waals surface area contributed by atoms with Crippen LogP contribution in [0.3, 0.4) is 0 Å². The average Bonchev–Trinajstić information content (AvgIpc) is 2.46. The zero-order valence-corrected chi connectivity index (χ0v) is 12.4. The van der Waals surface area contributed by atoms with Crippen molar-refractivity contribution in [2.24, 2.45) is 11.8 Å². The van der Waals surface area contributed by atoms with E-state index in [4.69, 9.17) is 9.47 Å². The topological polar surface area (TPSA) is 18.5 Å². The SMILES string of the molecule is COc1ccc(CCC2CCCCC2C)c(OC)c1. The predicted molar refractivity (Wildman–Crippen MR) is 79.0 cm³/mol. The van der Waals surface area contributed by atoms with E-state index < -0.39 is 0 Å². The van der Waals surface area contributed by atoms with E-state index in [0.29, 0.717) is 0 Å². The summed E-state index contributed by atoms with van der Waals surface area (Å²) in [5.41, 5.74) is 1.31. The van der Waals surface area contributed by atoms with Crippen molar-refractivity contribution in [2.45, 2.75) is 45.4 Å². The van der Waals surface area contributed by atoms with E-state index in [0.717, 1.165) is 29.8 Å². The largest absolute Gasteiger partial charge is 0.497 e. The van der Waals surface area contributed by atoms with Gasteiger partial charge in [0.15, 0.2) is 0 Å². The molecule has 1 aromatic carbocycles. The lowest BCUT2D eigenvalue weighted by molar-refractivity contribution is 0.241. The van der Waals surface area contributed by atoms with Crippen LogP contribution in [0.5, 0.6) is 11.5 Å². The Kier molecular flexibility index (Phi) is 5.12. The molecule has 1 aromatic rings. The molecule has 1 aliphatic carbocycles. The number of aryl methyl sites for hydroxylation is 1. The maximum absolute atomic E-state index is 5.47. The van der Waals surface area contributed by atoms with Crippen molar-refractivity contribution < 1.29 is 9.47 Å². The molecule has 0 heterocycles. The second-order valence-electron chi connectivity index (χ2n) is 5.74. The van der Waals surface area contributed by atoms with Crippen molar-refractivity contribution in [1.82, 2.24) is 0 Å². The van der Waals surface area contributed by atoms with Crippen LogP contribution in [-0.2, 0) is 6.42 Å². The molecule has 2 rings (SSSR count). The highest BCUT2D eigenvalue weighted by atomic mass is 16.5. The van der Waals surface area contributed by atoms with E-state index in [1.54, 1.807) is 14.2 Å². The number of hydrogen-bond donors (Lipinski definition) is 0. The minimum atomic E-state index is 0.867. The molecule has 19 heavy (non-hydrogen) atoms. The summed E-state index contributed by atoms with van der Waals surface area (Å²) in [6.07, 6.45) is 8.04. The lowest BCUT2D eigenvalue weighted by atomic mass is 9.77. The standard InChI is InChI=1S/C17H26O2/c1-13-6-4-5-7-14(13)8-9-15-10-11-16(18-2)12-17(15)19-3/h10-14H,4-9H2,1-3H3. The van der Waals surface area contributed by atoms with Crippen LogP contribution in [0.25, 0.3) is 0 Å². The fourth-order valence-electron chi connectivity index (χ4n) is 3.22. The molecule has 2 atom stereocenters. The fourth-order valence-corrected chi connectivity index (χ4v) is 3.22. The normalized spacial score (nSPS) is 23.1. The lowest BCUT2D eigenvalue weighted by Gasteiger charge is -2.28. The van der Waals surface area contributed by atoms with Crippen LogP contribution in [0.2, 0.25) is 0 Å². The second-order valence-corrected chi connectivity index (χ2v) is 5.74. The van der Waals surface area contributed by atoms with Gasteiger partial charge in [0, 0.05) is 6.07 Å². The molecular formula is C17H26O2. The molecule has 0 radical (unpaired) electrons. The smallest absolute Gasteiger partial charge is 0.125 e. The highest BCUT2D eigenvalue weighted by Gasteiger charge is 2.21. The van der Waals surface area contributed by atoms with Gasteiger partial charge >= 0.3 is 0 Å². The van der Waals surface area contributed by atoms with Gasteiger partial charge < -0.3 is 9.47 Å². The molecule has 0 bridgehead atoms. The number of hydrogen-bond acceptors (Lipinski definition) is 2. The van der Waals surface area contributed by atoms with Crippen LogP contribution in [0.1, 0.15) is 44.6 Å². The summed E-state index contributed by atoms with van der Waals surface area (Å²) >= 11 is 0. The average molecular weight is 262 g/mol. The molecule has 1 fully saturated rings. The maximum atomic E-state index is 5.47. The third-order valence-corrected chi connectivity index (χ3v) is 4.57. The van der Waals surface area contributed by atoms with Gasteiger partial charge in [-0.15, -0.1) is 0 Å². The van der Waals surface area contributed by atoms with Crippen molar-refractivity contribution >= 4 is 0 Å².